The molecule has 0 amide bonds. The summed E-state index contributed by atoms with van der Waals surface area (Å²) in [7, 11) is 0. The van der Waals surface area contributed by atoms with Crippen LogP contribution in [0, 0.1) is 0 Å². The summed E-state index contributed by atoms with van der Waals surface area (Å²) in [6, 6.07) is 46.9. The van der Waals surface area contributed by atoms with Crippen LogP contribution in [0.1, 0.15) is 54.4 Å². The number of benzene rings is 6. The summed E-state index contributed by atoms with van der Waals surface area (Å²) in [5, 5.41) is 2.56. The van der Waals surface area contributed by atoms with Gasteiger partial charge in [0.2, 0.25) is 0 Å². The van der Waals surface area contributed by atoms with Crippen molar-refractivity contribution in [3.8, 4) is 28.0 Å². The van der Waals surface area contributed by atoms with Crippen LogP contribution in [0.4, 0.5) is 11.4 Å². The molecule has 3 atom stereocenters. The number of anilines is 2. The van der Waals surface area contributed by atoms with Crippen molar-refractivity contribution >= 4 is 22.1 Å². The maximum atomic E-state index is 6.59. The molecule has 1 heterocycles. The second-order valence-corrected chi connectivity index (χ2v) is 14.8. The summed E-state index contributed by atoms with van der Waals surface area (Å²) in [6.45, 7) is 4.71. The SMILES string of the molecule is CC1(C)c2ccccc2-c2ccc(-c3cccc(N(C4=CC5Oc6ccccc6C5C=C4)c4ccc5ccccc5c4C4C=CC=CC4)c3)cc21. The maximum absolute atomic E-state index is 6.59. The molecule has 1 aliphatic heterocycles. The van der Waals surface area contributed by atoms with Crippen molar-refractivity contribution < 1.29 is 4.74 Å². The first-order chi connectivity index (χ1) is 25.0. The number of nitrogens with zero attached hydrogens (tertiary/aromatic N) is 1. The van der Waals surface area contributed by atoms with Gasteiger partial charge >= 0.3 is 0 Å². The van der Waals surface area contributed by atoms with Crippen LogP contribution in [0.15, 0.2) is 176 Å². The molecule has 51 heavy (non-hydrogen) atoms. The third kappa shape index (κ3) is 4.77. The molecule has 3 unspecified atom stereocenters. The average Bonchev–Trinajstić information content (AvgIpc) is 3.66. The van der Waals surface area contributed by atoms with E-state index in [9.17, 15) is 0 Å². The van der Waals surface area contributed by atoms with Gasteiger partial charge in [-0.1, -0.05) is 141 Å². The van der Waals surface area contributed by atoms with Gasteiger partial charge in [-0.2, -0.15) is 0 Å². The van der Waals surface area contributed by atoms with E-state index in [-0.39, 0.29) is 23.4 Å². The average molecular weight is 658 g/mol. The highest BCUT2D eigenvalue weighted by Gasteiger charge is 2.36. The number of allylic oxidation sites excluding steroid dienone is 5. The smallest absolute Gasteiger partial charge is 0.130 e. The van der Waals surface area contributed by atoms with Crippen LogP contribution in [0.3, 0.4) is 0 Å². The first kappa shape index (κ1) is 30.0. The lowest BCUT2D eigenvalue weighted by molar-refractivity contribution is 0.267. The van der Waals surface area contributed by atoms with E-state index in [0.29, 0.717) is 0 Å². The zero-order valence-corrected chi connectivity index (χ0v) is 29.0. The molecule has 6 aromatic carbocycles. The highest BCUT2D eigenvalue weighted by atomic mass is 16.5. The maximum Gasteiger partial charge on any atom is 0.130 e. The van der Waals surface area contributed by atoms with Crippen molar-refractivity contribution in [3.63, 3.8) is 0 Å². The molecule has 0 N–H and O–H groups in total. The van der Waals surface area contributed by atoms with E-state index >= 15 is 0 Å². The minimum absolute atomic E-state index is 0.0549. The number of ether oxygens (including phenoxy) is 1. The van der Waals surface area contributed by atoms with E-state index in [1.807, 2.05) is 0 Å². The molecule has 2 nitrogen and oxygen atoms in total. The zero-order chi connectivity index (χ0) is 34.1. The molecule has 3 aliphatic carbocycles. The second kappa shape index (κ2) is 11.6. The molecule has 0 aromatic heterocycles. The third-order valence-corrected chi connectivity index (χ3v) is 11.5. The topological polar surface area (TPSA) is 12.5 Å². The van der Waals surface area contributed by atoms with Crippen LogP contribution < -0.4 is 9.64 Å². The highest BCUT2D eigenvalue weighted by Crippen LogP contribution is 2.50. The molecule has 4 aliphatic rings. The second-order valence-electron chi connectivity index (χ2n) is 14.8. The van der Waals surface area contributed by atoms with Crippen LogP contribution in [-0.2, 0) is 5.41 Å². The standard InChI is InChI=1S/C49H39NO/c1-49(2)43-21-10-8-19-39(43)40-26-23-35(30-44(40)49)34-16-12-17-36(29-34)50(37-25-27-42-41-20-9-11-22-46(41)51-47(42)31-37)45-28-24-32-13-6-7-18-38(32)48(45)33-14-4-3-5-15-33/h3-14,16-31,33,42,47H,15H2,1-2H3. The van der Waals surface area contributed by atoms with Crippen molar-refractivity contribution in [2.75, 3.05) is 4.90 Å². The molecule has 2 heteroatoms. The number of hydrogen-bond acceptors (Lipinski definition) is 2. The van der Waals surface area contributed by atoms with Crippen molar-refractivity contribution in [1.82, 2.24) is 0 Å². The van der Waals surface area contributed by atoms with Gasteiger partial charge in [-0.3, -0.25) is 0 Å². The fourth-order valence-electron chi connectivity index (χ4n) is 8.99. The molecule has 246 valence electrons. The van der Waals surface area contributed by atoms with Gasteiger partial charge in [0.1, 0.15) is 11.9 Å². The molecule has 6 aromatic rings. The number of rotatable bonds is 5. The largest absolute Gasteiger partial charge is 0.485 e. The monoisotopic (exact) mass is 657 g/mol. The van der Waals surface area contributed by atoms with Gasteiger partial charge in [-0.15, -0.1) is 0 Å². The normalized spacial score (nSPS) is 20.3. The quantitative estimate of drug-likeness (QED) is 0.183. The van der Waals surface area contributed by atoms with Crippen LogP contribution in [0.2, 0.25) is 0 Å². The van der Waals surface area contributed by atoms with E-state index in [0.717, 1.165) is 23.6 Å². The fourth-order valence-corrected chi connectivity index (χ4v) is 8.99. The molecular weight excluding hydrogens is 619 g/mol. The Balaban J connectivity index is 1.14. The van der Waals surface area contributed by atoms with E-state index in [2.05, 4.69) is 189 Å². The van der Waals surface area contributed by atoms with Crippen LogP contribution in [0.5, 0.6) is 5.75 Å². The molecule has 0 radical (unpaired) electrons. The lowest BCUT2D eigenvalue weighted by atomic mass is 9.81. The van der Waals surface area contributed by atoms with Crippen molar-refractivity contribution in [2.24, 2.45) is 0 Å². The summed E-state index contributed by atoms with van der Waals surface area (Å²) >= 11 is 0. The number of hydrogen-bond donors (Lipinski definition) is 0. The fraction of sp³-hybridized carbons (Fsp3) is 0.143. The molecule has 0 saturated heterocycles. The Hall–Kier alpha value is -5.86. The Bertz CT molecular complexity index is 2490. The van der Waals surface area contributed by atoms with Gasteiger partial charge in [-0.25, -0.2) is 0 Å². The third-order valence-electron chi connectivity index (χ3n) is 11.5. The minimum Gasteiger partial charge on any atom is -0.485 e. The Kier molecular flexibility index (Phi) is 6.83. The summed E-state index contributed by atoms with van der Waals surface area (Å²) in [5.74, 6) is 1.45. The van der Waals surface area contributed by atoms with Gasteiger partial charge in [0.25, 0.3) is 0 Å². The zero-order valence-electron chi connectivity index (χ0n) is 29.0. The Morgan fingerprint density at radius 2 is 1.51 bits per heavy atom. The molecule has 10 rings (SSSR count). The summed E-state index contributed by atoms with van der Waals surface area (Å²) in [5.41, 5.74) is 13.9. The van der Waals surface area contributed by atoms with Crippen molar-refractivity contribution in [3.05, 3.63) is 198 Å². The number of para-hydroxylation sites is 1. The highest BCUT2D eigenvalue weighted by molar-refractivity contribution is 5.94. The van der Waals surface area contributed by atoms with Gasteiger partial charge in [0, 0.05) is 34.2 Å². The van der Waals surface area contributed by atoms with Gasteiger partial charge in [0.15, 0.2) is 0 Å². The van der Waals surface area contributed by atoms with E-state index < -0.39 is 0 Å². The van der Waals surface area contributed by atoms with Crippen LogP contribution >= 0.6 is 0 Å². The van der Waals surface area contributed by atoms with Crippen LogP contribution in [-0.4, -0.2) is 6.10 Å². The molecule has 0 bridgehead atoms. The lowest BCUT2D eigenvalue weighted by Crippen LogP contribution is -2.25. The lowest BCUT2D eigenvalue weighted by Gasteiger charge is -2.33. The first-order valence-electron chi connectivity index (χ1n) is 18.2. The summed E-state index contributed by atoms with van der Waals surface area (Å²) < 4.78 is 6.59. The molecule has 0 saturated carbocycles. The van der Waals surface area contributed by atoms with E-state index in [4.69, 9.17) is 4.74 Å². The Morgan fingerprint density at radius 3 is 2.43 bits per heavy atom. The van der Waals surface area contributed by atoms with Gasteiger partial charge in [0.05, 0.1) is 5.69 Å². The predicted molar refractivity (Wildman–Crippen MR) is 212 cm³/mol. The van der Waals surface area contributed by atoms with Gasteiger partial charge < -0.3 is 9.64 Å². The van der Waals surface area contributed by atoms with Crippen LogP contribution in [0.25, 0.3) is 33.0 Å². The van der Waals surface area contributed by atoms with Gasteiger partial charge in [-0.05, 0) is 98.6 Å². The Morgan fingerprint density at radius 1 is 0.686 bits per heavy atom. The van der Waals surface area contributed by atoms with E-state index in [1.54, 1.807) is 0 Å². The molecule has 0 spiro atoms. The summed E-state index contributed by atoms with van der Waals surface area (Å²) in [6.07, 6.45) is 16.9. The minimum atomic E-state index is -0.0601. The van der Waals surface area contributed by atoms with Crippen molar-refractivity contribution in [2.45, 2.75) is 43.6 Å². The Labute approximate surface area is 300 Å². The number of fused-ring (bicyclic) bond motifs is 7. The predicted octanol–water partition coefficient (Wildman–Crippen LogP) is 12.5. The molecular formula is C49H39NO. The summed E-state index contributed by atoms with van der Waals surface area (Å²) in [4.78, 5) is 2.48. The van der Waals surface area contributed by atoms with Crippen molar-refractivity contribution in [1.29, 1.82) is 0 Å². The molecule has 0 fully saturated rings. The van der Waals surface area contributed by atoms with E-state index in [1.165, 1.54) is 61.0 Å². The first-order valence-corrected chi connectivity index (χ1v) is 18.2.